The van der Waals surface area contributed by atoms with Crippen LogP contribution in [0.25, 0.3) is 5.69 Å². The van der Waals surface area contributed by atoms with Gasteiger partial charge in [0, 0.05) is 18.7 Å². The van der Waals surface area contributed by atoms with Gasteiger partial charge < -0.3 is 9.47 Å². The molecule has 1 aliphatic heterocycles. The van der Waals surface area contributed by atoms with Crippen LogP contribution in [0.3, 0.4) is 0 Å². The van der Waals surface area contributed by atoms with E-state index in [1.807, 2.05) is 49.1 Å². The molecule has 5 nitrogen and oxygen atoms in total. The third-order valence-corrected chi connectivity index (χ3v) is 6.62. The summed E-state index contributed by atoms with van der Waals surface area (Å²) < 4.78 is 2.17. The normalized spacial score (nSPS) is 14.6. The van der Waals surface area contributed by atoms with E-state index in [1.54, 1.807) is 4.90 Å². The molecule has 0 fully saturated rings. The summed E-state index contributed by atoms with van der Waals surface area (Å²) in [5.74, 6) is -0.0135. The molecular weight excluding hydrogens is 422 g/mol. The van der Waals surface area contributed by atoms with E-state index < -0.39 is 0 Å². The lowest BCUT2D eigenvalue weighted by Crippen LogP contribution is -2.48. The van der Waals surface area contributed by atoms with Crippen LogP contribution in [0.5, 0.6) is 0 Å². The largest absolute Gasteiger partial charge is 0.331 e. The number of nitrogens with zero attached hydrogens (tertiary/aromatic N) is 3. The molecule has 178 valence electrons. The maximum Gasteiger partial charge on any atom is 0.247 e. The number of aryl methyl sites for hydroxylation is 1. The lowest BCUT2D eigenvalue weighted by atomic mass is 9.97. The fourth-order valence-electron chi connectivity index (χ4n) is 4.78. The van der Waals surface area contributed by atoms with Crippen LogP contribution in [0, 0.1) is 6.92 Å². The lowest BCUT2D eigenvalue weighted by molar-refractivity contribution is -0.137. The van der Waals surface area contributed by atoms with E-state index in [0.717, 1.165) is 41.9 Å². The Morgan fingerprint density at radius 1 is 0.941 bits per heavy atom. The van der Waals surface area contributed by atoms with Crippen LogP contribution in [0.2, 0.25) is 0 Å². The van der Waals surface area contributed by atoms with Gasteiger partial charge >= 0.3 is 0 Å². The first-order valence-corrected chi connectivity index (χ1v) is 12.4. The van der Waals surface area contributed by atoms with E-state index in [0.29, 0.717) is 6.42 Å². The summed E-state index contributed by atoms with van der Waals surface area (Å²) in [6, 6.07) is 20.2. The van der Waals surface area contributed by atoms with Crippen LogP contribution in [-0.4, -0.2) is 33.9 Å². The molecule has 0 spiro atoms. The summed E-state index contributed by atoms with van der Waals surface area (Å²) in [6.07, 6.45) is 5.49. The summed E-state index contributed by atoms with van der Waals surface area (Å²) in [6.45, 7) is 8.23. The summed E-state index contributed by atoms with van der Waals surface area (Å²) in [7, 11) is 0. The van der Waals surface area contributed by atoms with Crippen molar-refractivity contribution in [2.75, 3.05) is 11.4 Å². The molecule has 1 aromatic heterocycles. The van der Waals surface area contributed by atoms with E-state index in [2.05, 4.69) is 54.9 Å². The van der Waals surface area contributed by atoms with Crippen LogP contribution in [0.15, 0.2) is 66.9 Å². The van der Waals surface area contributed by atoms with Gasteiger partial charge in [-0.15, -0.1) is 0 Å². The molecule has 34 heavy (non-hydrogen) atoms. The third kappa shape index (κ3) is 4.65. The lowest BCUT2D eigenvalue weighted by Gasteiger charge is -2.40. The number of carbonyl (C=O) groups excluding carboxylic acids is 2. The Bertz CT molecular complexity index is 1150. The SMILES string of the molecule is CCCCCC(=O)N(CC(=O)N1c2ccccc2-n2cccc2C1c1ccc(C)cc1)C(C)C. The molecule has 0 bridgehead atoms. The monoisotopic (exact) mass is 457 g/mol. The Morgan fingerprint density at radius 2 is 1.65 bits per heavy atom. The third-order valence-electron chi connectivity index (χ3n) is 6.62. The second-order valence-corrected chi connectivity index (χ2v) is 9.44. The fourth-order valence-corrected chi connectivity index (χ4v) is 4.78. The second kappa shape index (κ2) is 10.3. The van der Waals surface area contributed by atoms with Crippen molar-refractivity contribution in [3.05, 3.63) is 83.7 Å². The maximum atomic E-state index is 14.0. The molecule has 0 saturated heterocycles. The zero-order valence-corrected chi connectivity index (χ0v) is 20.7. The minimum Gasteiger partial charge on any atom is -0.331 e. The van der Waals surface area contributed by atoms with Crippen molar-refractivity contribution in [1.29, 1.82) is 0 Å². The number of amides is 2. The molecular formula is C29H35N3O2. The highest BCUT2D eigenvalue weighted by Gasteiger charge is 2.37. The van der Waals surface area contributed by atoms with E-state index in [4.69, 9.17) is 0 Å². The molecule has 2 aromatic carbocycles. The predicted molar refractivity (Wildman–Crippen MR) is 137 cm³/mol. The molecule has 0 radical (unpaired) electrons. The highest BCUT2D eigenvalue weighted by Crippen LogP contribution is 2.42. The van der Waals surface area contributed by atoms with Crippen molar-refractivity contribution in [3.8, 4) is 5.69 Å². The van der Waals surface area contributed by atoms with Crippen LogP contribution >= 0.6 is 0 Å². The summed E-state index contributed by atoms with van der Waals surface area (Å²) >= 11 is 0. The summed E-state index contributed by atoms with van der Waals surface area (Å²) in [5.41, 5.74) is 5.12. The Hall–Kier alpha value is -3.34. The molecule has 4 rings (SSSR count). The van der Waals surface area contributed by atoms with Crippen LogP contribution in [-0.2, 0) is 9.59 Å². The van der Waals surface area contributed by atoms with Crippen molar-refractivity contribution in [3.63, 3.8) is 0 Å². The number of unbranched alkanes of at least 4 members (excludes halogenated alkanes) is 2. The first-order valence-electron chi connectivity index (χ1n) is 12.4. The van der Waals surface area contributed by atoms with E-state index >= 15 is 0 Å². The first-order chi connectivity index (χ1) is 16.4. The van der Waals surface area contributed by atoms with Gasteiger partial charge in [0.1, 0.15) is 12.6 Å². The number of hydrogen-bond acceptors (Lipinski definition) is 2. The van der Waals surface area contributed by atoms with E-state index in [1.165, 1.54) is 5.56 Å². The number of para-hydroxylation sites is 2. The van der Waals surface area contributed by atoms with Crippen molar-refractivity contribution < 1.29 is 9.59 Å². The Kier molecular flexibility index (Phi) is 7.20. The van der Waals surface area contributed by atoms with E-state index in [9.17, 15) is 9.59 Å². The minimum atomic E-state index is -0.262. The molecule has 5 heteroatoms. The van der Waals surface area contributed by atoms with Crippen LogP contribution < -0.4 is 4.90 Å². The molecule has 0 saturated carbocycles. The topological polar surface area (TPSA) is 45.6 Å². The van der Waals surface area contributed by atoms with Crippen molar-refractivity contribution in [2.24, 2.45) is 0 Å². The number of hydrogen-bond donors (Lipinski definition) is 0. The van der Waals surface area contributed by atoms with E-state index in [-0.39, 0.29) is 30.4 Å². The number of benzene rings is 2. The highest BCUT2D eigenvalue weighted by molar-refractivity contribution is 6.00. The van der Waals surface area contributed by atoms with Gasteiger partial charge in [-0.3, -0.25) is 14.5 Å². The minimum absolute atomic E-state index is 0.0419. The standard InChI is InChI=1S/C29H35N3O2/c1-5-6-7-14-27(33)31(21(2)3)20-28(34)32-25-12-9-8-11-24(25)30-19-10-13-26(30)29(32)23-17-15-22(4)16-18-23/h8-13,15-19,21,29H,5-7,14,20H2,1-4H3. The molecule has 3 aromatic rings. The summed E-state index contributed by atoms with van der Waals surface area (Å²) in [5, 5.41) is 0. The number of carbonyl (C=O) groups is 2. The van der Waals surface area contributed by atoms with Gasteiger partial charge in [-0.25, -0.2) is 0 Å². The van der Waals surface area contributed by atoms with Crippen molar-refractivity contribution >= 4 is 17.5 Å². The second-order valence-electron chi connectivity index (χ2n) is 9.44. The van der Waals surface area contributed by atoms with Gasteiger partial charge in [-0.1, -0.05) is 61.7 Å². The average molecular weight is 458 g/mol. The Morgan fingerprint density at radius 3 is 2.32 bits per heavy atom. The number of anilines is 1. The number of fused-ring (bicyclic) bond motifs is 3. The Balaban J connectivity index is 1.73. The van der Waals surface area contributed by atoms with Gasteiger partial charge in [-0.05, 0) is 57.0 Å². The van der Waals surface area contributed by atoms with Crippen LogP contribution in [0.1, 0.15) is 69.3 Å². The molecule has 1 atom stereocenters. The van der Waals surface area contributed by atoms with Gasteiger partial charge in [0.2, 0.25) is 11.8 Å². The fraction of sp³-hybridized carbons (Fsp3) is 0.379. The molecule has 2 heterocycles. The molecule has 0 N–H and O–H groups in total. The average Bonchev–Trinajstić information content (AvgIpc) is 3.32. The van der Waals surface area contributed by atoms with Crippen molar-refractivity contribution in [2.45, 2.75) is 65.5 Å². The zero-order valence-electron chi connectivity index (χ0n) is 20.7. The molecule has 1 unspecified atom stereocenters. The number of rotatable bonds is 8. The molecule has 1 aliphatic rings. The van der Waals surface area contributed by atoms with Gasteiger partial charge in [-0.2, -0.15) is 0 Å². The Labute approximate surface area is 203 Å². The van der Waals surface area contributed by atoms with Crippen LogP contribution in [0.4, 0.5) is 5.69 Å². The molecule has 0 aliphatic carbocycles. The van der Waals surface area contributed by atoms with Gasteiger partial charge in [0.25, 0.3) is 0 Å². The van der Waals surface area contributed by atoms with Gasteiger partial charge in [0.15, 0.2) is 0 Å². The van der Waals surface area contributed by atoms with Crippen molar-refractivity contribution in [1.82, 2.24) is 9.47 Å². The summed E-state index contributed by atoms with van der Waals surface area (Å²) in [4.78, 5) is 30.7. The molecule has 2 amide bonds. The quantitative estimate of drug-likeness (QED) is 0.387. The first kappa shape index (κ1) is 23.8. The van der Waals surface area contributed by atoms with Gasteiger partial charge in [0.05, 0.1) is 17.1 Å². The highest BCUT2D eigenvalue weighted by atomic mass is 16.2. The smallest absolute Gasteiger partial charge is 0.247 e. The maximum absolute atomic E-state index is 14.0. The number of aromatic nitrogens is 1. The predicted octanol–water partition coefficient (Wildman–Crippen LogP) is 6.04. The zero-order chi connectivity index (χ0) is 24.2.